The van der Waals surface area contributed by atoms with Gasteiger partial charge in [-0.25, -0.2) is 14.6 Å². The highest BCUT2D eigenvalue weighted by Gasteiger charge is 2.28. The Hall–Kier alpha value is -2.97. The number of likely N-dealkylation sites (tertiary alicyclic amines) is 2. The maximum Gasteiger partial charge on any atom is 0.357 e. The van der Waals surface area contributed by atoms with Gasteiger partial charge in [0, 0.05) is 26.2 Å². The zero-order valence-electron chi connectivity index (χ0n) is 17.3. The van der Waals surface area contributed by atoms with E-state index in [2.05, 4.69) is 4.98 Å². The van der Waals surface area contributed by atoms with Gasteiger partial charge in [0.1, 0.15) is 11.4 Å². The molecule has 0 saturated carbocycles. The summed E-state index contributed by atoms with van der Waals surface area (Å²) in [4.78, 5) is 56.7. The molecule has 2 fully saturated rings. The first-order valence-corrected chi connectivity index (χ1v) is 10.3. The van der Waals surface area contributed by atoms with E-state index in [1.807, 2.05) is 0 Å². The van der Waals surface area contributed by atoms with Crippen molar-refractivity contribution in [2.45, 2.75) is 51.7 Å². The fourth-order valence-electron chi connectivity index (χ4n) is 3.59. The molecule has 0 bridgehead atoms. The van der Waals surface area contributed by atoms with Gasteiger partial charge in [0.15, 0.2) is 12.2 Å². The first kappa shape index (κ1) is 21.7. The molecule has 9 heteroatoms. The monoisotopic (exact) mass is 417 g/mol. The van der Waals surface area contributed by atoms with E-state index in [1.165, 1.54) is 32.0 Å². The van der Waals surface area contributed by atoms with Crippen LogP contribution < -0.4 is 0 Å². The van der Waals surface area contributed by atoms with Gasteiger partial charge in [0.25, 0.3) is 11.8 Å². The molecule has 2 saturated heterocycles. The summed E-state index contributed by atoms with van der Waals surface area (Å²) in [5.74, 6) is -2.09. The topological polar surface area (TPSA) is 106 Å². The molecule has 1 aromatic rings. The summed E-state index contributed by atoms with van der Waals surface area (Å²) < 4.78 is 10.5. The number of hydrogen-bond donors (Lipinski definition) is 0. The summed E-state index contributed by atoms with van der Waals surface area (Å²) in [5, 5.41) is 0. The summed E-state index contributed by atoms with van der Waals surface area (Å²) in [5.41, 5.74) is -0.215. The number of hydrogen-bond acceptors (Lipinski definition) is 7. The molecular formula is C21H27N3O6. The van der Waals surface area contributed by atoms with Crippen LogP contribution in [0.5, 0.6) is 0 Å². The molecule has 2 aliphatic rings. The summed E-state index contributed by atoms with van der Waals surface area (Å²) in [6, 6.07) is 4.26. The van der Waals surface area contributed by atoms with E-state index < -0.39 is 24.1 Å². The standard InChI is InChI=1S/C21H27N3O6/c1-14(18(25)23-10-3-4-11-23)29-20(27)16-8-7-9-17(22-16)21(28)30-15(2)19(26)24-12-5-6-13-24/h7-9,14-15H,3-6,10-13H2,1-2H3. The first-order chi connectivity index (χ1) is 14.4. The molecule has 0 radical (unpaired) electrons. The van der Waals surface area contributed by atoms with Crippen LogP contribution in [0.2, 0.25) is 0 Å². The highest BCUT2D eigenvalue weighted by molar-refractivity contribution is 5.94. The third-order valence-electron chi connectivity index (χ3n) is 5.27. The molecule has 2 atom stereocenters. The average molecular weight is 417 g/mol. The van der Waals surface area contributed by atoms with Gasteiger partial charge in [0.05, 0.1) is 0 Å². The Morgan fingerprint density at radius 2 is 1.13 bits per heavy atom. The third-order valence-corrected chi connectivity index (χ3v) is 5.27. The van der Waals surface area contributed by atoms with Gasteiger partial charge in [-0.3, -0.25) is 9.59 Å². The minimum Gasteiger partial charge on any atom is -0.448 e. The summed E-state index contributed by atoms with van der Waals surface area (Å²) >= 11 is 0. The number of pyridine rings is 1. The molecule has 2 amide bonds. The van der Waals surface area contributed by atoms with Crippen LogP contribution in [0.1, 0.15) is 60.5 Å². The SMILES string of the molecule is CC(OC(=O)c1cccc(C(=O)OC(C)C(=O)N2CCCC2)n1)C(=O)N1CCCC1. The van der Waals surface area contributed by atoms with Gasteiger partial charge in [-0.05, 0) is 51.7 Å². The maximum absolute atomic E-state index is 12.4. The lowest BCUT2D eigenvalue weighted by Crippen LogP contribution is -2.38. The van der Waals surface area contributed by atoms with Gasteiger partial charge in [-0.1, -0.05) is 6.07 Å². The van der Waals surface area contributed by atoms with E-state index in [9.17, 15) is 19.2 Å². The molecule has 3 heterocycles. The number of rotatable bonds is 6. The van der Waals surface area contributed by atoms with Crippen LogP contribution >= 0.6 is 0 Å². The summed E-state index contributed by atoms with van der Waals surface area (Å²) in [6.07, 6.45) is 1.89. The molecule has 0 spiro atoms. The Labute approximate surface area is 175 Å². The zero-order chi connectivity index (χ0) is 21.7. The van der Waals surface area contributed by atoms with E-state index in [-0.39, 0.29) is 23.2 Å². The third kappa shape index (κ3) is 5.14. The summed E-state index contributed by atoms with van der Waals surface area (Å²) in [7, 11) is 0. The number of carbonyl (C=O) groups excluding carboxylic acids is 4. The van der Waals surface area contributed by atoms with Gasteiger partial charge in [-0.15, -0.1) is 0 Å². The van der Waals surface area contributed by atoms with E-state index in [1.54, 1.807) is 9.80 Å². The van der Waals surface area contributed by atoms with Crippen molar-refractivity contribution in [2.75, 3.05) is 26.2 Å². The van der Waals surface area contributed by atoms with Gasteiger partial charge < -0.3 is 19.3 Å². The van der Waals surface area contributed by atoms with E-state index in [4.69, 9.17) is 9.47 Å². The highest BCUT2D eigenvalue weighted by atomic mass is 16.6. The highest BCUT2D eigenvalue weighted by Crippen LogP contribution is 2.14. The minimum absolute atomic E-state index is 0.107. The van der Waals surface area contributed by atoms with E-state index >= 15 is 0 Å². The predicted molar refractivity (Wildman–Crippen MR) is 106 cm³/mol. The lowest BCUT2D eigenvalue weighted by molar-refractivity contribution is -0.139. The molecule has 9 nitrogen and oxygen atoms in total. The van der Waals surface area contributed by atoms with E-state index in [0.717, 1.165) is 25.7 Å². The molecule has 3 rings (SSSR count). The minimum atomic E-state index is -0.939. The molecule has 2 aliphatic heterocycles. The van der Waals surface area contributed by atoms with Crippen molar-refractivity contribution in [3.8, 4) is 0 Å². The second-order valence-electron chi connectivity index (χ2n) is 7.57. The van der Waals surface area contributed by atoms with Crippen molar-refractivity contribution in [3.63, 3.8) is 0 Å². The number of ether oxygens (including phenoxy) is 2. The summed E-state index contributed by atoms with van der Waals surface area (Å²) in [6.45, 7) is 5.68. The fourth-order valence-corrected chi connectivity index (χ4v) is 3.59. The van der Waals surface area contributed by atoms with E-state index in [0.29, 0.717) is 26.2 Å². The molecule has 30 heavy (non-hydrogen) atoms. The Kier molecular flexibility index (Phi) is 7.02. The van der Waals surface area contributed by atoms with Gasteiger partial charge in [-0.2, -0.15) is 0 Å². The quantitative estimate of drug-likeness (QED) is 0.644. The number of carbonyl (C=O) groups is 4. The molecule has 0 aliphatic carbocycles. The normalized spacial score (nSPS) is 18.1. The number of aromatic nitrogens is 1. The Morgan fingerprint density at radius 1 is 0.767 bits per heavy atom. The predicted octanol–water partition coefficient (Wildman–Crippen LogP) is 1.42. The van der Waals surface area contributed by atoms with Crippen molar-refractivity contribution >= 4 is 23.8 Å². The van der Waals surface area contributed by atoms with Crippen molar-refractivity contribution in [3.05, 3.63) is 29.6 Å². The van der Waals surface area contributed by atoms with Gasteiger partial charge >= 0.3 is 11.9 Å². The van der Waals surface area contributed by atoms with Crippen LogP contribution in [-0.4, -0.2) is 76.9 Å². The van der Waals surface area contributed by atoms with Crippen LogP contribution in [0.15, 0.2) is 18.2 Å². The first-order valence-electron chi connectivity index (χ1n) is 10.3. The van der Waals surface area contributed by atoms with Crippen LogP contribution in [0.4, 0.5) is 0 Å². The molecule has 0 N–H and O–H groups in total. The molecular weight excluding hydrogens is 390 g/mol. The molecule has 2 unspecified atom stereocenters. The Morgan fingerprint density at radius 3 is 1.50 bits per heavy atom. The average Bonchev–Trinajstić information content (AvgIpc) is 3.46. The fraction of sp³-hybridized carbons (Fsp3) is 0.571. The largest absolute Gasteiger partial charge is 0.448 e. The second-order valence-corrected chi connectivity index (χ2v) is 7.57. The van der Waals surface area contributed by atoms with Crippen LogP contribution in [0.3, 0.4) is 0 Å². The lowest BCUT2D eigenvalue weighted by atomic mass is 10.3. The lowest BCUT2D eigenvalue weighted by Gasteiger charge is -2.20. The smallest absolute Gasteiger partial charge is 0.357 e. The second kappa shape index (κ2) is 9.69. The zero-order valence-corrected chi connectivity index (χ0v) is 17.3. The molecule has 0 aromatic carbocycles. The Bertz CT molecular complexity index is 751. The van der Waals surface area contributed by atoms with Crippen LogP contribution in [-0.2, 0) is 19.1 Å². The Balaban J connectivity index is 1.58. The van der Waals surface area contributed by atoms with Crippen LogP contribution in [0, 0.1) is 0 Å². The molecule has 1 aromatic heterocycles. The van der Waals surface area contributed by atoms with Crippen molar-refractivity contribution in [2.24, 2.45) is 0 Å². The number of amides is 2. The number of nitrogens with zero attached hydrogens (tertiary/aromatic N) is 3. The van der Waals surface area contributed by atoms with Crippen molar-refractivity contribution < 1.29 is 28.7 Å². The van der Waals surface area contributed by atoms with Crippen LogP contribution in [0.25, 0.3) is 0 Å². The van der Waals surface area contributed by atoms with Crippen molar-refractivity contribution in [1.82, 2.24) is 14.8 Å². The molecule has 162 valence electrons. The number of esters is 2. The maximum atomic E-state index is 12.4. The van der Waals surface area contributed by atoms with Crippen molar-refractivity contribution in [1.29, 1.82) is 0 Å². The van der Waals surface area contributed by atoms with Gasteiger partial charge in [0.2, 0.25) is 0 Å².